The highest BCUT2D eigenvalue weighted by Gasteiger charge is 2.33. The maximum atomic E-state index is 16.5. The van der Waals surface area contributed by atoms with Crippen LogP contribution in [0.4, 0.5) is 4.39 Å². The largest absolute Gasteiger partial charge is 0.451 e. The van der Waals surface area contributed by atoms with Crippen LogP contribution in [0.3, 0.4) is 0 Å². The van der Waals surface area contributed by atoms with Crippen LogP contribution in [-0.2, 0) is 0 Å². The predicted molar refractivity (Wildman–Crippen MR) is 257 cm³/mol. The summed E-state index contributed by atoms with van der Waals surface area (Å²) >= 11 is 0. The molecule has 0 fully saturated rings. The minimum Gasteiger partial charge on any atom is -0.451 e. The van der Waals surface area contributed by atoms with Crippen molar-refractivity contribution in [3.8, 4) is 56.7 Å². The number of furan rings is 1. The van der Waals surface area contributed by atoms with Gasteiger partial charge in [-0.25, -0.2) is 19.3 Å². The fourth-order valence-corrected chi connectivity index (χ4v) is 9.75. The molecule has 0 spiro atoms. The highest BCUT2D eigenvalue weighted by molar-refractivity contribution is 6.23. The first-order chi connectivity index (χ1) is 31.7. The molecule has 9 aromatic carbocycles. The van der Waals surface area contributed by atoms with E-state index < -0.39 is 5.82 Å². The van der Waals surface area contributed by atoms with E-state index in [1.54, 1.807) is 6.07 Å². The molecule has 4 aromatic heterocycles. The molecule has 7 heteroatoms. The average Bonchev–Trinajstić information content (AvgIpc) is 4.03. The Bertz CT molecular complexity index is 3800. The van der Waals surface area contributed by atoms with E-state index in [9.17, 15) is 0 Å². The van der Waals surface area contributed by atoms with Gasteiger partial charge in [-0.05, 0) is 35.9 Å². The van der Waals surface area contributed by atoms with Gasteiger partial charge >= 0.3 is 0 Å². The minimum atomic E-state index is -0.446. The number of para-hydroxylation sites is 5. The van der Waals surface area contributed by atoms with E-state index in [-0.39, 0.29) is 5.58 Å². The molecule has 13 aromatic rings. The van der Waals surface area contributed by atoms with E-state index in [4.69, 9.17) is 19.4 Å². The third kappa shape index (κ3) is 5.34. The molecule has 0 unspecified atom stereocenters. The molecule has 6 nitrogen and oxygen atoms in total. The van der Waals surface area contributed by atoms with Crippen molar-refractivity contribution in [1.82, 2.24) is 24.1 Å². The minimum absolute atomic E-state index is 0.174. The number of fused-ring (bicyclic) bond motifs is 9. The lowest BCUT2D eigenvalue weighted by Crippen LogP contribution is -2.10. The monoisotopic (exact) mass is 823 g/mol. The van der Waals surface area contributed by atoms with Crippen LogP contribution < -0.4 is 0 Å². The summed E-state index contributed by atoms with van der Waals surface area (Å²) in [6, 6.07) is 69.4. The third-order valence-electron chi connectivity index (χ3n) is 12.4. The molecule has 0 amide bonds. The molecule has 0 atom stereocenters. The molecular weight excluding hydrogens is 790 g/mol. The Kier molecular flexibility index (Phi) is 7.99. The summed E-state index contributed by atoms with van der Waals surface area (Å²) in [6.07, 6.45) is 0. The average molecular weight is 824 g/mol. The maximum Gasteiger partial charge on any atom is 0.171 e. The second-order valence-electron chi connectivity index (χ2n) is 16.0. The van der Waals surface area contributed by atoms with Crippen molar-refractivity contribution < 1.29 is 8.81 Å². The summed E-state index contributed by atoms with van der Waals surface area (Å²) in [5, 5.41) is 5.72. The molecule has 0 bridgehead atoms. The van der Waals surface area contributed by atoms with Crippen molar-refractivity contribution in [2.24, 2.45) is 0 Å². The van der Waals surface area contributed by atoms with Crippen LogP contribution >= 0.6 is 0 Å². The lowest BCUT2D eigenvalue weighted by molar-refractivity contribution is 0.583. The number of benzene rings is 9. The van der Waals surface area contributed by atoms with Gasteiger partial charge in [-0.1, -0.05) is 176 Å². The SMILES string of the molecule is Fc1cccc2c1oc1c(-n3c4ccccc4c4ccccc43)c(-n3c4ccccc4c4ccccc43)c(-c3nc(-c4ccccc4)nc(-c4ccccc4)n3)c(-c3ccccc3)c12. The van der Waals surface area contributed by atoms with Crippen LogP contribution in [0, 0.1) is 5.82 Å². The van der Waals surface area contributed by atoms with Gasteiger partial charge in [0, 0.05) is 49.0 Å². The predicted octanol–water partition coefficient (Wildman–Crippen LogP) is 14.8. The Hall–Kier alpha value is -8.68. The summed E-state index contributed by atoms with van der Waals surface area (Å²) in [5.74, 6) is 1.06. The van der Waals surface area contributed by atoms with Gasteiger partial charge in [0.05, 0.1) is 33.3 Å². The van der Waals surface area contributed by atoms with Gasteiger partial charge in [0.25, 0.3) is 0 Å². The summed E-state index contributed by atoms with van der Waals surface area (Å²) < 4.78 is 28.2. The molecule has 0 aliphatic rings. The van der Waals surface area contributed by atoms with Gasteiger partial charge in [0.1, 0.15) is 5.69 Å². The van der Waals surface area contributed by atoms with Crippen LogP contribution in [-0.4, -0.2) is 24.1 Å². The van der Waals surface area contributed by atoms with E-state index in [0.717, 1.165) is 88.2 Å². The van der Waals surface area contributed by atoms with Crippen LogP contribution in [0.2, 0.25) is 0 Å². The molecule has 0 aliphatic heterocycles. The molecule has 0 saturated carbocycles. The smallest absolute Gasteiger partial charge is 0.171 e. The Morgan fingerprint density at radius 3 is 1.20 bits per heavy atom. The van der Waals surface area contributed by atoms with Gasteiger partial charge in [-0.2, -0.15) is 0 Å². The lowest BCUT2D eigenvalue weighted by Gasteiger charge is -2.24. The zero-order valence-electron chi connectivity index (χ0n) is 34.2. The van der Waals surface area contributed by atoms with Crippen LogP contribution in [0.5, 0.6) is 0 Å². The summed E-state index contributed by atoms with van der Waals surface area (Å²) in [5.41, 5.74) is 10.3. The molecule has 0 N–H and O–H groups in total. The van der Waals surface area contributed by atoms with Crippen LogP contribution in [0.25, 0.3) is 122 Å². The molecule has 0 aliphatic carbocycles. The first kappa shape index (κ1) is 36.0. The number of hydrogen-bond donors (Lipinski definition) is 0. The van der Waals surface area contributed by atoms with E-state index >= 15 is 4.39 Å². The molecule has 300 valence electrons. The quantitative estimate of drug-likeness (QED) is 0.168. The summed E-state index contributed by atoms with van der Waals surface area (Å²) in [6.45, 7) is 0. The van der Waals surface area contributed by atoms with Crippen molar-refractivity contribution in [1.29, 1.82) is 0 Å². The number of hydrogen-bond acceptors (Lipinski definition) is 4. The van der Waals surface area contributed by atoms with Gasteiger partial charge in [-0.3, -0.25) is 0 Å². The van der Waals surface area contributed by atoms with Crippen LogP contribution in [0.15, 0.2) is 211 Å². The molecule has 0 saturated heterocycles. The highest BCUT2D eigenvalue weighted by atomic mass is 19.1. The summed E-state index contributed by atoms with van der Waals surface area (Å²) in [4.78, 5) is 16.2. The lowest BCUT2D eigenvalue weighted by atomic mass is 9.90. The van der Waals surface area contributed by atoms with Gasteiger partial charge in [-0.15, -0.1) is 0 Å². The maximum absolute atomic E-state index is 16.5. The molecule has 0 radical (unpaired) electrons. The third-order valence-corrected chi connectivity index (χ3v) is 12.4. The first-order valence-corrected chi connectivity index (χ1v) is 21.3. The highest BCUT2D eigenvalue weighted by Crippen LogP contribution is 2.52. The van der Waals surface area contributed by atoms with Gasteiger partial charge in [0.2, 0.25) is 0 Å². The normalized spacial score (nSPS) is 11.8. The topological polar surface area (TPSA) is 61.7 Å². The van der Waals surface area contributed by atoms with Crippen molar-refractivity contribution in [3.63, 3.8) is 0 Å². The first-order valence-electron chi connectivity index (χ1n) is 21.3. The number of halogens is 1. The molecule has 4 heterocycles. The molecule has 13 rings (SSSR count). The summed E-state index contributed by atoms with van der Waals surface area (Å²) in [7, 11) is 0. The Morgan fingerprint density at radius 1 is 0.328 bits per heavy atom. The van der Waals surface area contributed by atoms with Crippen molar-refractivity contribution >= 4 is 65.6 Å². The molecule has 64 heavy (non-hydrogen) atoms. The number of rotatable bonds is 6. The van der Waals surface area contributed by atoms with E-state index in [0.29, 0.717) is 28.4 Å². The second kappa shape index (κ2) is 14.2. The number of aromatic nitrogens is 5. The van der Waals surface area contributed by atoms with Gasteiger partial charge in [0.15, 0.2) is 34.5 Å². The Balaban J connectivity index is 1.36. The zero-order valence-corrected chi connectivity index (χ0v) is 34.2. The van der Waals surface area contributed by atoms with E-state index in [1.807, 2.05) is 84.9 Å². The van der Waals surface area contributed by atoms with Crippen LogP contribution in [0.1, 0.15) is 0 Å². The van der Waals surface area contributed by atoms with Crippen molar-refractivity contribution in [3.05, 3.63) is 212 Å². The standard InChI is InChI=1S/C57H34FN5O/c58-43-30-18-29-42-49-48(35-19-4-1-5-20-35)50(57-60-55(36-21-6-2-7-22-36)59-56(61-57)37-23-8-3-9-24-37)51(62-44-31-14-10-25-38(44)39-26-11-15-32-45(39)62)52(54(49)64-53(42)43)63-46-33-16-12-27-40(46)41-28-13-17-34-47(41)63/h1-34H. The van der Waals surface area contributed by atoms with E-state index in [2.05, 4.69) is 118 Å². The number of nitrogens with zero attached hydrogens (tertiary/aromatic N) is 5. The van der Waals surface area contributed by atoms with Gasteiger partial charge < -0.3 is 13.6 Å². The Morgan fingerprint density at radius 2 is 0.719 bits per heavy atom. The van der Waals surface area contributed by atoms with Crippen molar-refractivity contribution in [2.75, 3.05) is 0 Å². The fourth-order valence-electron chi connectivity index (χ4n) is 9.75. The fraction of sp³-hybridized carbons (Fsp3) is 0. The van der Waals surface area contributed by atoms with Crippen molar-refractivity contribution in [2.45, 2.75) is 0 Å². The Labute approximate surface area is 365 Å². The van der Waals surface area contributed by atoms with E-state index in [1.165, 1.54) is 6.07 Å². The molecular formula is C57H34FN5O. The second-order valence-corrected chi connectivity index (χ2v) is 16.0. The zero-order chi connectivity index (χ0) is 42.3.